The van der Waals surface area contributed by atoms with Gasteiger partial charge in [0, 0.05) is 6.21 Å². The molecule has 0 aliphatic heterocycles. The Bertz CT molecular complexity index is 965. The first kappa shape index (κ1) is 20.2. The lowest BCUT2D eigenvalue weighted by Crippen LogP contribution is -2.35. The number of amides is 1. The molecule has 0 spiro atoms. The van der Waals surface area contributed by atoms with E-state index < -0.39 is 12.1 Å². The van der Waals surface area contributed by atoms with Crippen LogP contribution in [-0.4, -0.2) is 23.5 Å². The van der Waals surface area contributed by atoms with Crippen molar-refractivity contribution >= 4 is 24.3 Å². The lowest BCUT2D eigenvalue weighted by molar-refractivity contribution is -0.129. The zero-order valence-electron chi connectivity index (χ0n) is 16.3. The smallest absolute Gasteiger partial charge is 0.272 e. The molecule has 4 heteroatoms. The van der Waals surface area contributed by atoms with Gasteiger partial charge in [-0.3, -0.25) is 9.79 Å². The van der Waals surface area contributed by atoms with Crippen LogP contribution in [0.1, 0.15) is 35.2 Å². The van der Waals surface area contributed by atoms with E-state index in [-0.39, 0.29) is 6.04 Å². The highest BCUT2D eigenvalue weighted by Crippen LogP contribution is 2.12. The molecule has 0 aliphatic rings. The minimum atomic E-state index is -1.45. The van der Waals surface area contributed by atoms with Gasteiger partial charge in [-0.2, -0.15) is 0 Å². The average Bonchev–Trinajstić information content (AvgIpc) is 2.78. The van der Waals surface area contributed by atoms with E-state index in [1.165, 1.54) is 6.21 Å². The highest BCUT2D eigenvalue weighted by atomic mass is 16.3. The quantitative estimate of drug-likeness (QED) is 0.466. The summed E-state index contributed by atoms with van der Waals surface area (Å²) in [6.07, 6.45) is 4.13. The molecule has 29 heavy (non-hydrogen) atoms. The number of carbonyl (C=O) groups excluding carboxylic acids is 1. The van der Waals surface area contributed by atoms with Crippen LogP contribution in [0.3, 0.4) is 0 Å². The van der Waals surface area contributed by atoms with Gasteiger partial charge in [-0.1, -0.05) is 97.1 Å². The molecule has 1 amide bonds. The Hall–Kier alpha value is -3.50. The Morgan fingerprint density at radius 2 is 1.34 bits per heavy atom. The first-order valence-electron chi connectivity index (χ1n) is 9.51. The van der Waals surface area contributed by atoms with Crippen LogP contribution in [0, 0.1) is 0 Å². The Morgan fingerprint density at radius 3 is 1.97 bits per heavy atom. The Morgan fingerprint density at radius 1 is 0.828 bits per heavy atom. The summed E-state index contributed by atoms with van der Waals surface area (Å²) < 4.78 is 0. The van der Waals surface area contributed by atoms with Crippen molar-refractivity contribution in [2.24, 2.45) is 4.99 Å². The second-order valence-electron chi connectivity index (χ2n) is 6.70. The fourth-order valence-corrected chi connectivity index (χ4v) is 2.79. The van der Waals surface area contributed by atoms with Gasteiger partial charge in [0.2, 0.25) is 6.23 Å². The third-order valence-corrected chi connectivity index (χ3v) is 4.46. The van der Waals surface area contributed by atoms with Gasteiger partial charge in [-0.25, -0.2) is 0 Å². The Balaban J connectivity index is 1.55. The van der Waals surface area contributed by atoms with Crippen LogP contribution in [0.4, 0.5) is 0 Å². The summed E-state index contributed by atoms with van der Waals surface area (Å²) in [6, 6.07) is 27.2. The average molecular weight is 384 g/mol. The Kier molecular flexibility index (Phi) is 7.09. The van der Waals surface area contributed by atoms with Crippen LogP contribution >= 0.6 is 0 Å². The van der Waals surface area contributed by atoms with Crippen LogP contribution in [0.25, 0.3) is 12.2 Å². The van der Waals surface area contributed by atoms with Crippen LogP contribution in [-0.2, 0) is 4.79 Å². The molecule has 3 aromatic rings. The van der Waals surface area contributed by atoms with E-state index in [0.29, 0.717) is 0 Å². The Labute approximate surface area is 171 Å². The summed E-state index contributed by atoms with van der Waals surface area (Å²) in [5.41, 5.74) is 3.97. The van der Waals surface area contributed by atoms with Gasteiger partial charge in [0.1, 0.15) is 0 Å². The van der Waals surface area contributed by atoms with Crippen molar-refractivity contribution < 1.29 is 9.90 Å². The molecule has 0 bridgehead atoms. The van der Waals surface area contributed by atoms with Gasteiger partial charge in [-0.15, -0.1) is 0 Å². The SMILES string of the molecule is CC(NC(=O)C(O)N=Cc1ccc(C=Cc2ccccc2)cc1)c1ccccc1. The summed E-state index contributed by atoms with van der Waals surface area (Å²) in [4.78, 5) is 16.1. The van der Waals surface area contributed by atoms with Gasteiger partial charge in [0.25, 0.3) is 5.91 Å². The summed E-state index contributed by atoms with van der Waals surface area (Å²) in [5, 5.41) is 12.8. The normalized spacial score (nSPS) is 13.4. The van der Waals surface area contributed by atoms with E-state index in [0.717, 1.165) is 22.3 Å². The van der Waals surface area contributed by atoms with Crippen LogP contribution < -0.4 is 5.32 Å². The number of benzene rings is 3. The third-order valence-electron chi connectivity index (χ3n) is 4.46. The molecule has 3 rings (SSSR count). The highest BCUT2D eigenvalue weighted by molar-refractivity contribution is 5.86. The van der Waals surface area contributed by atoms with Crippen molar-refractivity contribution in [3.8, 4) is 0 Å². The zero-order chi connectivity index (χ0) is 20.5. The molecule has 0 fully saturated rings. The van der Waals surface area contributed by atoms with E-state index in [2.05, 4.69) is 10.3 Å². The maximum Gasteiger partial charge on any atom is 0.272 e. The van der Waals surface area contributed by atoms with E-state index >= 15 is 0 Å². The molecule has 0 saturated heterocycles. The zero-order valence-corrected chi connectivity index (χ0v) is 16.3. The molecule has 4 nitrogen and oxygen atoms in total. The third kappa shape index (κ3) is 6.26. The van der Waals surface area contributed by atoms with E-state index in [1.807, 2.05) is 104 Å². The van der Waals surface area contributed by atoms with Crippen molar-refractivity contribution in [2.75, 3.05) is 0 Å². The van der Waals surface area contributed by atoms with Crippen LogP contribution in [0.15, 0.2) is 89.9 Å². The molecule has 3 aromatic carbocycles. The van der Waals surface area contributed by atoms with E-state index in [4.69, 9.17) is 0 Å². The van der Waals surface area contributed by atoms with Crippen LogP contribution in [0.5, 0.6) is 0 Å². The van der Waals surface area contributed by atoms with Crippen molar-refractivity contribution in [1.82, 2.24) is 5.32 Å². The molecule has 0 aliphatic carbocycles. The number of hydrogen-bond acceptors (Lipinski definition) is 3. The van der Waals surface area contributed by atoms with Gasteiger partial charge in [0.15, 0.2) is 0 Å². The standard InChI is InChI=1S/C25H24N2O2/c1-19(23-10-6-3-7-11-23)27-25(29)24(28)26-18-22-16-14-21(15-17-22)13-12-20-8-4-2-5-9-20/h2-19,24,28H,1H3,(H,27,29). The second kappa shape index (κ2) is 10.2. The molecule has 2 atom stereocenters. The van der Waals surface area contributed by atoms with Crippen molar-refractivity contribution in [1.29, 1.82) is 0 Å². The number of carbonyl (C=O) groups is 1. The molecule has 2 unspecified atom stereocenters. The number of aliphatic hydroxyl groups excluding tert-OH is 1. The predicted octanol–water partition coefficient (Wildman–Crippen LogP) is 4.47. The van der Waals surface area contributed by atoms with Crippen molar-refractivity contribution in [2.45, 2.75) is 19.2 Å². The van der Waals surface area contributed by atoms with Gasteiger partial charge >= 0.3 is 0 Å². The first-order valence-corrected chi connectivity index (χ1v) is 9.51. The first-order chi connectivity index (χ1) is 14.1. The molecule has 0 saturated carbocycles. The highest BCUT2D eigenvalue weighted by Gasteiger charge is 2.16. The molecule has 0 radical (unpaired) electrons. The van der Waals surface area contributed by atoms with Crippen molar-refractivity contribution in [3.05, 3.63) is 107 Å². The number of hydrogen-bond donors (Lipinski definition) is 2. The minimum absolute atomic E-state index is 0.204. The number of nitrogens with one attached hydrogen (secondary N) is 1. The lowest BCUT2D eigenvalue weighted by Gasteiger charge is -2.15. The monoisotopic (exact) mass is 384 g/mol. The van der Waals surface area contributed by atoms with Gasteiger partial charge in [0.05, 0.1) is 6.04 Å². The van der Waals surface area contributed by atoms with E-state index in [1.54, 1.807) is 0 Å². The van der Waals surface area contributed by atoms with E-state index in [9.17, 15) is 9.90 Å². The molecule has 0 heterocycles. The molecular formula is C25H24N2O2. The lowest BCUT2D eigenvalue weighted by atomic mass is 10.1. The topological polar surface area (TPSA) is 61.7 Å². The number of aliphatic imine (C=N–C) groups is 1. The maximum atomic E-state index is 12.1. The molecular weight excluding hydrogens is 360 g/mol. The minimum Gasteiger partial charge on any atom is -0.364 e. The molecule has 146 valence electrons. The number of rotatable bonds is 7. The largest absolute Gasteiger partial charge is 0.364 e. The fourth-order valence-electron chi connectivity index (χ4n) is 2.79. The van der Waals surface area contributed by atoms with Crippen molar-refractivity contribution in [3.63, 3.8) is 0 Å². The van der Waals surface area contributed by atoms with Gasteiger partial charge in [-0.05, 0) is 29.2 Å². The second-order valence-corrected chi connectivity index (χ2v) is 6.70. The van der Waals surface area contributed by atoms with Gasteiger partial charge < -0.3 is 10.4 Å². The summed E-state index contributed by atoms with van der Waals surface area (Å²) >= 11 is 0. The van der Waals surface area contributed by atoms with Crippen LogP contribution in [0.2, 0.25) is 0 Å². The maximum absolute atomic E-state index is 12.1. The summed E-state index contributed by atoms with van der Waals surface area (Å²) in [5.74, 6) is -0.528. The molecule has 2 N–H and O–H groups in total. The summed E-state index contributed by atoms with van der Waals surface area (Å²) in [7, 11) is 0. The summed E-state index contributed by atoms with van der Waals surface area (Å²) in [6.45, 7) is 1.87. The fraction of sp³-hybridized carbons (Fsp3) is 0.120. The number of aliphatic hydroxyl groups is 1. The predicted molar refractivity (Wildman–Crippen MR) is 118 cm³/mol. The number of nitrogens with zero attached hydrogens (tertiary/aromatic N) is 1. The molecule has 0 aromatic heterocycles.